The molecule has 1 aliphatic rings. The smallest absolute Gasteiger partial charge is 0.308 e. The van der Waals surface area contributed by atoms with Crippen LogP contribution in [0.2, 0.25) is 0 Å². The summed E-state index contributed by atoms with van der Waals surface area (Å²) in [5.74, 6) is 0.293. The molecular weight excluding hydrogens is 200 g/mol. The first-order chi connectivity index (χ1) is 7.84. The Morgan fingerprint density at radius 3 is 2.25 bits per heavy atom. The number of rotatable bonds is 9. The quantitative estimate of drug-likeness (QED) is 0.437. The lowest BCUT2D eigenvalue weighted by atomic mass is 9.86. The van der Waals surface area contributed by atoms with E-state index in [-0.39, 0.29) is 11.9 Å². The van der Waals surface area contributed by atoms with Crippen LogP contribution in [-0.4, -0.2) is 12.6 Å². The molecule has 0 aromatic carbocycles. The minimum Gasteiger partial charge on any atom is -0.465 e. The third-order valence-electron chi connectivity index (χ3n) is 3.43. The lowest BCUT2D eigenvalue weighted by Gasteiger charge is -2.22. The molecule has 16 heavy (non-hydrogen) atoms. The Bertz CT molecular complexity index is 185. The molecule has 1 aliphatic carbocycles. The number of carbonyl (C=O) groups excluding carboxylic acids is 1. The summed E-state index contributed by atoms with van der Waals surface area (Å²) in [6.07, 6.45) is 12.2. The molecule has 0 heterocycles. The second-order valence-corrected chi connectivity index (χ2v) is 4.92. The molecule has 0 N–H and O–H groups in total. The van der Waals surface area contributed by atoms with Crippen molar-refractivity contribution < 1.29 is 9.53 Å². The van der Waals surface area contributed by atoms with Crippen LogP contribution in [0.15, 0.2) is 0 Å². The van der Waals surface area contributed by atoms with Crippen LogP contribution in [0.4, 0.5) is 0 Å². The molecule has 0 atom stereocenters. The summed E-state index contributed by atoms with van der Waals surface area (Å²) in [5, 5.41) is 0. The largest absolute Gasteiger partial charge is 0.465 e. The summed E-state index contributed by atoms with van der Waals surface area (Å²) < 4.78 is 5.23. The number of hydrogen-bond donors (Lipinski definition) is 0. The normalized spacial score (nSPS) is 15.8. The zero-order valence-electron chi connectivity index (χ0n) is 10.7. The molecule has 94 valence electrons. The zero-order chi connectivity index (χ0) is 11.6. The summed E-state index contributed by atoms with van der Waals surface area (Å²) in [6.45, 7) is 2.88. The molecule has 0 spiro atoms. The van der Waals surface area contributed by atoms with Crippen molar-refractivity contribution in [1.82, 2.24) is 0 Å². The molecule has 1 rings (SSSR count). The molecule has 2 heteroatoms. The third kappa shape index (κ3) is 5.53. The summed E-state index contributed by atoms with van der Waals surface area (Å²) in [6, 6.07) is 0. The van der Waals surface area contributed by atoms with Gasteiger partial charge in [0.2, 0.25) is 0 Å². The Balaban J connectivity index is 1.79. The van der Waals surface area contributed by atoms with Gasteiger partial charge < -0.3 is 4.74 Å². The van der Waals surface area contributed by atoms with Gasteiger partial charge in [0.1, 0.15) is 0 Å². The van der Waals surface area contributed by atoms with Crippen molar-refractivity contribution in [3.63, 3.8) is 0 Å². The fourth-order valence-electron chi connectivity index (χ4n) is 1.99. The molecule has 2 nitrogen and oxygen atoms in total. The van der Waals surface area contributed by atoms with Gasteiger partial charge in [-0.2, -0.15) is 0 Å². The van der Waals surface area contributed by atoms with Crippen molar-refractivity contribution in [2.45, 2.75) is 71.1 Å². The first kappa shape index (κ1) is 13.5. The second-order valence-electron chi connectivity index (χ2n) is 4.92. The first-order valence-electron chi connectivity index (χ1n) is 7.01. The second kappa shape index (κ2) is 8.60. The summed E-state index contributed by atoms with van der Waals surface area (Å²) in [7, 11) is 0. The van der Waals surface area contributed by atoms with Gasteiger partial charge in [0.05, 0.1) is 12.5 Å². The Hall–Kier alpha value is -0.530. The highest BCUT2D eigenvalue weighted by Gasteiger charge is 2.26. The van der Waals surface area contributed by atoms with E-state index in [1.54, 1.807) is 0 Å². The lowest BCUT2D eigenvalue weighted by molar-refractivity contribution is -0.151. The minimum absolute atomic E-state index is 0.0530. The van der Waals surface area contributed by atoms with Gasteiger partial charge in [-0.05, 0) is 19.3 Å². The topological polar surface area (TPSA) is 26.3 Å². The fourth-order valence-corrected chi connectivity index (χ4v) is 1.99. The summed E-state index contributed by atoms with van der Waals surface area (Å²) >= 11 is 0. The average molecular weight is 226 g/mol. The van der Waals surface area contributed by atoms with Crippen molar-refractivity contribution in [2.75, 3.05) is 6.61 Å². The lowest BCUT2D eigenvalue weighted by Crippen LogP contribution is -2.24. The van der Waals surface area contributed by atoms with E-state index in [0.717, 1.165) is 19.3 Å². The first-order valence-corrected chi connectivity index (χ1v) is 7.01. The van der Waals surface area contributed by atoms with E-state index in [1.165, 1.54) is 44.9 Å². The molecule has 1 fully saturated rings. The Kier molecular flexibility index (Phi) is 7.28. The van der Waals surface area contributed by atoms with Crippen LogP contribution in [0.3, 0.4) is 0 Å². The molecule has 0 amide bonds. The third-order valence-corrected chi connectivity index (χ3v) is 3.43. The van der Waals surface area contributed by atoms with E-state index in [4.69, 9.17) is 4.74 Å². The van der Waals surface area contributed by atoms with Gasteiger partial charge in [-0.25, -0.2) is 0 Å². The van der Waals surface area contributed by atoms with Crippen LogP contribution in [0.5, 0.6) is 0 Å². The van der Waals surface area contributed by atoms with Crippen molar-refractivity contribution >= 4 is 5.97 Å². The van der Waals surface area contributed by atoms with Gasteiger partial charge >= 0.3 is 5.97 Å². The monoisotopic (exact) mass is 226 g/mol. The van der Waals surface area contributed by atoms with Crippen molar-refractivity contribution in [3.8, 4) is 0 Å². The van der Waals surface area contributed by atoms with Crippen molar-refractivity contribution in [1.29, 1.82) is 0 Å². The predicted octanol–water partition coefficient (Wildman–Crippen LogP) is 4.08. The SMILES string of the molecule is CCCCCCCCCOC(=O)C1CCC1. The molecule has 1 saturated carbocycles. The van der Waals surface area contributed by atoms with Crippen LogP contribution >= 0.6 is 0 Å². The van der Waals surface area contributed by atoms with Gasteiger partial charge in [-0.1, -0.05) is 51.9 Å². The molecule has 0 radical (unpaired) electrons. The van der Waals surface area contributed by atoms with Crippen LogP contribution in [0, 0.1) is 5.92 Å². The Morgan fingerprint density at radius 2 is 1.69 bits per heavy atom. The van der Waals surface area contributed by atoms with Crippen LogP contribution < -0.4 is 0 Å². The number of ether oxygens (including phenoxy) is 1. The van der Waals surface area contributed by atoms with Gasteiger partial charge in [0.15, 0.2) is 0 Å². The average Bonchev–Trinajstić information content (AvgIpc) is 2.19. The maximum atomic E-state index is 11.4. The van der Waals surface area contributed by atoms with E-state index >= 15 is 0 Å². The molecule has 0 aromatic rings. The Morgan fingerprint density at radius 1 is 1.06 bits per heavy atom. The Labute approximate surface area is 99.8 Å². The van der Waals surface area contributed by atoms with Crippen LogP contribution in [0.1, 0.15) is 71.1 Å². The molecule has 0 aromatic heterocycles. The highest BCUT2D eigenvalue weighted by atomic mass is 16.5. The maximum absolute atomic E-state index is 11.4. The zero-order valence-corrected chi connectivity index (χ0v) is 10.7. The summed E-state index contributed by atoms with van der Waals surface area (Å²) in [5.41, 5.74) is 0. The van der Waals surface area contributed by atoms with Gasteiger partial charge in [-0.15, -0.1) is 0 Å². The fraction of sp³-hybridized carbons (Fsp3) is 0.929. The van der Waals surface area contributed by atoms with E-state index in [0.29, 0.717) is 6.61 Å². The molecule has 0 saturated heterocycles. The van der Waals surface area contributed by atoms with Gasteiger partial charge in [0.25, 0.3) is 0 Å². The van der Waals surface area contributed by atoms with E-state index < -0.39 is 0 Å². The van der Waals surface area contributed by atoms with Crippen LogP contribution in [0.25, 0.3) is 0 Å². The number of hydrogen-bond acceptors (Lipinski definition) is 2. The van der Waals surface area contributed by atoms with Gasteiger partial charge in [0, 0.05) is 0 Å². The highest BCUT2D eigenvalue weighted by Crippen LogP contribution is 2.27. The summed E-state index contributed by atoms with van der Waals surface area (Å²) in [4.78, 5) is 11.4. The number of carbonyl (C=O) groups is 1. The van der Waals surface area contributed by atoms with Crippen molar-refractivity contribution in [3.05, 3.63) is 0 Å². The molecule has 0 unspecified atom stereocenters. The van der Waals surface area contributed by atoms with Gasteiger partial charge in [-0.3, -0.25) is 4.79 Å². The minimum atomic E-state index is 0.0530. The van der Waals surface area contributed by atoms with Crippen LogP contribution in [-0.2, 0) is 9.53 Å². The predicted molar refractivity (Wildman–Crippen MR) is 66.3 cm³/mol. The van der Waals surface area contributed by atoms with E-state index in [1.807, 2.05) is 0 Å². The standard InChI is InChI=1S/C14H26O2/c1-2-3-4-5-6-7-8-12-16-14(15)13-10-9-11-13/h13H,2-12H2,1H3. The van der Waals surface area contributed by atoms with E-state index in [2.05, 4.69) is 6.92 Å². The number of unbranched alkanes of at least 4 members (excludes halogenated alkanes) is 6. The molecule has 0 bridgehead atoms. The van der Waals surface area contributed by atoms with E-state index in [9.17, 15) is 4.79 Å². The molecular formula is C14H26O2. The highest BCUT2D eigenvalue weighted by molar-refractivity contribution is 5.73. The number of esters is 1. The maximum Gasteiger partial charge on any atom is 0.308 e. The van der Waals surface area contributed by atoms with Crippen molar-refractivity contribution in [2.24, 2.45) is 5.92 Å². The molecule has 0 aliphatic heterocycles.